The van der Waals surface area contributed by atoms with Crippen LogP contribution in [0.25, 0.3) is 17.1 Å². The molecule has 2 atom stereocenters. The molecule has 1 aliphatic carbocycles. The molecule has 4 aromatic rings. The van der Waals surface area contributed by atoms with Crippen LogP contribution in [0, 0.1) is 11.8 Å². The van der Waals surface area contributed by atoms with Crippen molar-refractivity contribution in [2.24, 2.45) is 11.8 Å². The van der Waals surface area contributed by atoms with E-state index in [1.807, 2.05) is 67.6 Å². The van der Waals surface area contributed by atoms with Gasteiger partial charge in [-0.3, -0.25) is 25.2 Å². The Balaban J connectivity index is 1.29. The van der Waals surface area contributed by atoms with E-state index in [9.17, 15) is 14.4 Å². The van der Waals surface area contributed by atoms with Crippen LogP contribution in [0.15, 0.2) is 84.9 Å². The number of hydrogen-bond donors (Lipinski definition) is 3. The number of para-hydroxylation sites is 1. The zero-order chi connectivity index (χ0) is 25.1. The van der Waals surface area contributed by atoms with Crippen LogP contribution in [0.3, 0.4) is 0 Å². The molecule has 1 aromatic heterocycles. The van der Waals surface area contributed by atoms with Gasteiger partial charge in [-0.1, -0.05) is 61.5 Å². The lowest BCUT2D eigenvalue weighted by molar-refractivity contribution is -0.117. The number of nitrogens with one attached hydrogen (secondary N) is 3. The van der Waals surface area contributed by atoms with Gasteiger partial charge in [0.2, 0.25) is 11.7 Å². The van der Waals surface area contributed by atoms with E-state index >= 15 is 0 Å². The molecule has 1 fully saturated rings. The molecule has 1 saturated carbocycles. The lowest BCUT2D eigenvalue weighted by Gasteiger charge is -2.08. The maximum atomic E-state index is 12.8. The van der Waals surface area contributed by atoms with Crippen LogP contribution >= 0.6 is 0 Å². The first-order chi connectivity index (χ1) is 17.5. The van der Waals surface area contributed by atoms with Gasteiger partial charge in [0, 0.05) is 22.7 Å². The molecule has 1 heterocycles. The number of anilines is 1. The summed E-state index contributed by atoms with van der Waals surface area (Å²) in [6.45, 7) is 2.03. The first kappa shape index (κ1) is 23.0. The molecule has 3 aromatic carbocycles. The smallest absolute Gasteiger partial charge is 0.309 e. The molecular weight excluding hydrogens is 456 g/mol. The zero-order valence-corrected chi connectivity index (χ0v) is 19.5. The molecule has 3 amide bonds. The van der Waals surface area contributed by atoms with Gasteiger partial charge in [-0.2, -0.15) is 0 Å². The topological polar surface area (TPSA) is 118 Å². The quantitative estimate of drug-likeness (QED) is 0.365. The van der Waals surface area contributed by atoms with Crippen molar-refractivity contribution in [2.75, 3.05) is 5.32 Å². The second-order valence-electron chi connectivity index (χ2n) is 8.67. The molecule has 0 aliphatic heterocycles. The maximum absolute atomic E-state index is 12.8. The Morgan fingerprint density at radius 1 is 0.861 bits per heavy atom. The molecule has 36 heavy (non-hydrogen) atoms. The number of carbonyl (C=O) groups is 3. The Morgan fingerprint density at radius 2 is 1.53 bits per heavy atom. The number of aromatic nitrogens is 3. The van der Waals surface area contributed by atoms with Gasteiger partial charge < -0.3 is 5.32 Å². The van der Waals surface area contributed by atoms with Crippen LogP contribution in [0.1, 0.15) is 34.3 Å². The molecule has 3 N–H and O–H groups in total. The fraction of sp³-hybridized carbons (Fsp3) is 0.148. The number of carbonyl (C=O) groups excluding carboxylic acids is 3. The van der Waals surface area contributed by atoms with E-state index in [0.29, 0.717) is 17.4 Å². The van der Waals surface area contributed by atoms with Crippen LogP contribution in [0.4, 0.5) is 5.69 Å². The number of nitrogens with zero attached hydrogens (tertiary/aromatic N) is 3. The molecule has 2 unspecified atom stereocenters. The highest BCUT2D eigenvalue weighted by Gasteiger charge is 2.39. The number of rotatable bonds is 6. The summed E-state index contributed by atoms with van der Waals surface area (Å²) in [6, 6.07) is 25.3. The minimum absolute atomic E-state index is 0.0192. The minimum atomic E-state index is -0.664. The summed E-state index contributed by atoms with van der Waals surface area (Å²) in [6.07, 6.45) is 0.873. The van der Waals surface area contributed by atoms with Gasteiger partial charge in [-0.15, -0.1) is 5.10 Å². The second kappa shape index (κ2) is 9.83. The third-order valence-electron chi connectivity index (χ3n) is 5.97. The van der Waals surface area contributed by atoms with Crippen molar-refractivity contribution in [2.45, 2.75) is 13.3 Å². The summed E-state index contributed by atoms with van der Waals surface area (Å²) >= 11 is 0. The Hall–Kier alpha value is -4.79. The molecule has 5 rings (SSSR count). The number of hydrogen-bond acceptors (Lipinski definition) is 5. The van der Waals surface area contributed by atoms with Crippen molar-refractivity contribution in [1.82, 2.24) is 25.6 Å². The molecule has 0 saturated heterocycles. The molecule has 0 radical (unpaired) electrons. The molecule has 9 nitrogen and oxygen atoms in total. The Bertz CT molecular complexity index is 1360. The van der Waals surface area contributed by atoms with E-state index < -0.39 is 11.8 Å². The highest BCUT2D eigenvalue weighted by molar-refractivity contribution is 6.00. The summed E-state index contributed by atoms with van der Waals surface area (Å²) in [7, 11) is 0. The molecular formula is C27H24N6O3. The number of benzene rings is 3. The van der Waals surface area contributed by atoms with E-state index in [-0.39, 0.29) is 23.2 Å². The van der Waals surface area contributed by atoms with Crippen molar-refractivity contribution < 1.29 is 14.4 Å². The third kappa shape index (κ3) is 5.00. The molecule has 9 heteroatoms. The lowest BCUT2D eigenvalue weighted by atomic mass is 10.2. The Labute approximate surface area is 207 Å². The van der Waals surface area contributed by atoms with Crippen molar-refractivity contribution in [3.05, 3.63) is 96.3 Å². The van der Waals surface area contributed by atoms with E-state index in [0.717, 1.165) is 17.7 Å². The molecule has 1 aliphatic rings. The van der Waals surface area contributed by atoms with Crippen molar-refractivity contribution in [3.8, 4) is 17.1 Å². The fourth-order valence-electron chi connectivity index (χ4n) is 3.83. The number of amides is 3. The number of hydrazine groups is 1. The molecule has 0 spiro atoms. The zero-order valence-electron chi connectivity index (χ0n) is 19.5. The first-order valence-electron chi connectivity index (χ1n) is 11.6. The fourth-order valence-corrected chi connectivity index (χ4v) is 3.83. The van der Waals surface area contributed by atoms with Gasteiger partial charge in [0.1, 0.15) is 0 Å². The average molecular weight is 481 g/mol. The molecule has 0 bridgehead atoms. The monoisotopic (exact) mass is 480 g/mol. The van der Waals surface area contributed by atoms with Crippen molar-refractivity contribution >= 4 is 23.4 Å². The highest BCUT2D eigenvalue weighted by atomic mass is 16.2. The largest absolute Gasteiger partial charge is 0.326 e. The Kier molecular flexibility index (Phi) is 6.27. The van der Waals surface area contributed by atoms with Crippen LogP contribution < -0.4 is 16.2 Å². The summed E-state index contributed by atoms with van der Waals surface area (Å²) in [5, 5.41) is 7.21. The third-order valence-corrected chi connectivity index (χ3v) is 5.97. The van der Waals surface area contributed by atoms with E-state index in [1.165, 1.54) is 0 Å². The molecule has 180 valence electrons. The van der Waals surface area contributed by atoms with Crippen LogP contribution in [-0.2, 0) is 4.79 Å². The van der Waals surface area contributed by atoms with Crippen LogP contribution in [0.2, 0.25) is 0 Å². The summed E-state index contributed by atoms with van der Waals surface area (Å²) in [4.78, 5) is 42.1. The minimum Gasteiger partial charge on any atom is -0.326 e. The standard InChI is InChI=1S/C27H24N6O3/c1-17-15-22(17)26(35)28-20-12-8-11-19(16-20)25(34)30-31-27(36)23-29-24(18-9-4-2-5-10-18)33(32-23)21-13-6-3-7-14-21/h2-14,16-17,22H,15H2,1H3,(H,28,35)(H,30,34)(H,31,36). The normalized spacial score (nSPS) is 16.1. The lowest BCUT2D eigenvalue weighted by Crippen LogP contribution is -2.42. The van der Waals surface area contributed by atoms with Crippen LogP contribution in [-0.4, -0.2) is 32.5 Å². The van der Waals surface area contributed by atoms with Gasteiger partial charge in [0.05, 0.1) is 5.69 Å². The summed E-state index contributed by atoms with van der Waals surface area (Å²) in [5.41, 5.74) is 7.09. The summed E-state index contributed by atoms with van der Waals surface area (Å²) in [5.74, 6) is -0.460. The van der Waals surface area contributed by atoms with Crippen molar-refractivity contribution in [1.29, 1.82) is 0 Å². The summed E-state index contributed by atoms with van der Waals surface area (Å²) < 4.78 is 1.58. The van der Waals surface area contributed by atoms with E-state index in [4.69, 9.17) is 0 Å². The van der Waals surface area contributed by atoms with E-state index in [2.05, 4.69) is 26.3 Å². The first-order valence-corrected chi connectivity index (χ1v) is 11.6. The predicted molar refractivity (Wildman–Crippen MR) is 134 cm³/mol. The second-order valence-corrected chi connectivity index (χ2v) is 8.67. The van der Waals surface area contributed by atoms with Gasteiger partial charge in [-0.25, -0.2) is 9.67 Å². The Morgan fingerprint density at radius 3 is 2.22 bits per heavy atom. The maximum Gasteiger partial charge on any atom is 0.309 e. The predicted octanol–water partition coefficient (Wildman–Crippen LogP) is 3.60. The average Bonchev–Trinajstić information content (AvgIpc) is 3.48. The van der Waals surface area contributed by atoms with Gasteiger partial charge in [0.25, 0.3) is 5.91 Å². The highest BCUT2D eigenvalue weighted by Crippen LogP contribution is 2.38. The SMILES string of the molecule is CC1CC1C(=O)Nc1cccc(C(=O)NNC(=O)c2nc(-c3ccccc3)n(-c3ccccc3)n2)c1. The van der Waals surface area contributed by atoms with Gasteiger partial charge in [0.15, 0.2) is 5.82 Å². The van der Waals surface area contributed by atoms with Crippen molar-refractivity contribution in [3.63, 3.8) is 0 Å². The van der Waals surface area contributed by atoms with E-state index in [1.54, 1.807) is 28.9 Å². The van der Waals surface area contributed by atoms with Gasteiger partial charge in [-0.05, 0) is 42.7 Å². The van der Waals surface area contributed by atoms with Crippen LogP contribution in [0.5, 0.6) is 0 Å². The van der Waals surface area contributed by atoms with Gasteiger partial charge >= 0.3 is 5.91 Å².